The van der Waals surface area contributed by atoms with E-state index in [0.29, 0.717) is 0 Å². The van der Waals surface area contributed by atoms with Crippen LogP contribution < -0.4 is 5.32 Å². The van der Waals surface area contributed by atoms with Crippen molar-refractivity contribution in [2.75, 3.05) is 6.54 Å². The summed E-state index contributed by atoms with van der Waals surface area (Å²) in [5, 5.41) is 3.34. The fourth-order valence-electron chi connectivity index (χ4n) is 2.47. The lowest BCUT2D eigenvalue weighted by atomic mass is 10.1. The molecule has 20 heavy (non-hydrogen) atoms. The lowest BCUT2D eigenvalue weighted by molar-refractivity contribution is 0.579. The minimum Gasteiger partial charge on any atom is -0.310 e. The number of halogens is 1. The van der Waals surface area contributed by atoms with E-state index in [1.54, 1.807) is 12.3 Å². The van der Waals surface area contributed by atoms with Gasteiger partial charge in [-0.2, -0.15) is 0 Å². The highest BCUT2D eigenvalue weighted by Crippen LogP contribution is 2.24. The van der Waals surface area contributed by atoms with E-state index in [2.05, 4.69) is 35.6 Å². The molecule has 0 amide bonds. The highest BCUT2D eigenvalue weighted by Gasteiger charge is 2.14. The maximum atomic E-state index is 13.6. The van der Waals surface area contributed by atoms with Crippen LogP contribution in [0.4, 0.5) is 4.39 Å². The van der Waals surface area contributed by atoms with Gasteiger partial charge in [0.15, 0.2) is 0 Å². The molecule has 0 saturated heterocycles. The van der Waals surface area contributed by atoms with Crippen LogP contribution in [0, 0.1) is 5.82 Å². The third-order valence-corrected chi connectivity index (χ3v) is 3.42. The van der Waals surface area contributed by atoms with Crippen molar-refractivity contribution in [1.82, 2.24) is 14.9 Å². The zero-order valence-electron chi connectivity index (χ0n) is 12.4. The van der Waals surface area contributed by atoms with Gasteiger partial charge in [-0.25, -0.2) is 9.37 Å². The number of nitrogens with zero attached hydrogens (tertiary/aromatic N) is 2. The summed E-state index contributed by atoms with van der Waals surface area (Å²) in [4.78, 5) is 4.40. The quantitative estimate of drug-likeness (QED) is 0.872. The summed E-state index contributed by atoms with van der Waals surface area (Å²) in [5.41, 5.74) is 1.96. The summed E-state index contributed by atoms with van der Waals surface area (Å²) in [5.74, 6) is 0.815. The molecule has 0 bridgehead atoms. The summed E-state index contributed by atoms with van der Waals surface area (Å²) in [6, 6.07) is 5.05. The van der Waals surface area contributed by atoms with Crippen molar-refractivity contribution < 1.29 is 4.39 Å². The summed E-state index contributed by atoms with van der Waals surface area (Å²) < 4.78 is 15.6. The van der Waals surface area contributed by atoms with E-state index in [0.717, 1.165) is 36.5 Å². The normalized spacial score (nSPS) is 12.6. The van der Waals surface area contributed by atoms with Gasteiger partial charge in [-0.3, -0.25) is 0 Å². The Morgan fingerprint density at radius 3 is 2.85 bits per heavy atom. The Bertz CT molecular complexity index is 563. The van der Waals surface area contributed by atoms with Gasteiger partial charge in [-0.1, -0.05) is 13.8 Å². The molecule has 0 aliphatic heterocycles. The van der Waals surface area contributed by atoms with Crippen LogP contribution in [0.2, 0.25) is 0 Å². The SMILES string of the molecule is CCCc1nccn1-c1ccc(F)cc1C(C)NCC. The minimum absolute atomic E-state index is 0.0996. The van der Waals surface area contributed by atoms with Crippen molar-refractivity contribution in [2.24, 2.45) is 0 Å². The Morgan fingerprint density at radius 1 is 1.35 bits per heavy atom. The summed E-state index contributed by atoms with van der Waals surface area (Å²) >= 11 is 0. The van der Waals surface area contributed by atoms with Gasteiger partial charge >= 0.3 is 0 Å². The first kappa shape index (κ1) is 14.7. The Labute approximate surface area is 119 Å². The largest absolute Gasteiger partial charge is 0.310 e. The number of aromatic nitrogens is 2. The molecule has 0 aliphatic rings. The molecule has 2 rings (SSSR count). The summed E-state index contributed by atoms with van der Waals surface area (Å²) in [6.45, 7) is 7.09. The number of aryl methyl sites for hydroxylation is 1. The van der Waals surface area contributed by atoms with E-state index in [4.69, 9.17) is 0 Å². The molecule has 4 heteroatoms. The fraction of sp³-hybridized carbons (Fsp3) is 0.438. The second-order valence-electron chi connectivity index (χ2n) is 4.95. The Hall–Kier alpha value is -1.68. The molecule has 1 atom stereocenters. The van der Waals surface area contributed by atoms with Gasteiger partial charge in [-0.15, -0.1) is 0 Å². The third kappa shape index (κ3) is 3.07. The van der Waals surface area contributed by atoms with Crippen LogP contribution in [0.1, 0.15) is 44.6 Å². The Balaban J connectivity index is 2.47. The first-order valence-electron chi connectivity index (χ1n) is 7.22. The van der Waals surface area contributed by atoms with Crippen molar-refractivity contribution >= 4 is 0 Å². The van der Waals surface area contributed by atoms with Crippen LogP contribution in [-0.4, -0.2) is 16.1 Å². The molecule has 0 saturated carbocycles. The molecule has 1 unspecified atom stereocenters. The average Bonchev–Trinajstić information content (AvgIpc) is 2.87. The van der Waals surface area contributed by atoms with Crippen molar-refractivity contribution in [3.63, 3.8) is 0 Å². The maximum absolute atomic E-state index is 13.6. The van der Waals surface area contributed by atoms with Gasteiger partial charge < -0.3 is 9.88 Å². The van der Waals surface area contributed by atoms with Crippen molar-refractivity contribution in [3.05, 3.63) is 47.8 Å². The van der Waals surface area contributed by atoms with Crippen LogP contribution in [0.3, 0.4) is 0 Å². The van der Waals surface area contributed by atoms with Gasteiger partial charge in [0.05, 0.1) is 5.69 Å². The van der Waals surface area contributed by atoms with Crippen LogP contribution in [0.5, 0.6) is 0 Å². The van der Waals surface area contributed by atoms with E-state index in [9.17, 15) is 4.39 Å². The summed E-state index contributed by atoms with van der Waals surface area (Å²) in [7, 11) is 0. The van der Waals surface area contributed by atoms with Gasteiger partial charge in [0.25, 0.3) is 0 Å². The Morgan fingerprint density at radius 2 is 2.15 bits per heavy atom. The highest BCUT2D eigenvalue weighted by molar-refractivity contribution is 5.44. The molecule has 0 aliphatic carbocycles. The topological polar surface area (TPSA) is 29.9 Å². The lowest BCUT2D eigenvalue weighted by Crippen LogP contribution is -2.20. The van der Waals surface area contributed by atoms with Gasteiger partial charge in [0.1, 0.15) is 11.6 Å². The Kier molecular flexibility index (Phi) is 4.90. The number of hydrogen-bond acceptors (Lipinski definition) is 2. The second kappa shape index (κ2) is 6.66. The van der Waals surface area contributed by atoms with Gasteiger partial charge in [-0.05, 0) is 43.7 Å². The number of imidazole rings is 1. The predicted molar refractivity (Wildman–Crippen MR) is 79.6 cm³/mol. The van der Waals surface area contributed by atoms with Gasteiger partial charge in [0.2, 0.25) is 0 Å². The zero-order chi connectivity index (χ0) is 14.5. The second-order valence-corrected chi connectivity index (χ2v) is 4.95. The van der Waals surface area contributed by atoms with Crippen LogP contribution in [-0.2, 0) is 6.42 Å². The molecule has 1 aromatic carbocycles. The van der Waals surface area contributed by atoms with Gasteiger partial charge in [0, 0.05) is 24.9 Å². The van der Waals surface area contributed by atoms with Crippen LogP contribution >= 0.6 is 0 Å². The molecule has 1 heterocycles. The molecule has 1 aromatic heterocycles. The standard InChI is InChI=1S/C16H22FN3/c1-4-6-16-19-9-10-20(16)15-8-7-13(17)11-14(15)12(3)18-5-2/h7-12,18H,4-6H2,1-3H3. The van der Waals surface area contributed by atoms with Crippen LogP contribution in [0.15, 0.2) is 30.6 Å². The van der Waals surface area contributed by atoms with E-state index < -0.39 is 0 Å². The first-order valence-corrected chi connectivity index (χ1v) is 7.22. The lowest BCUT2D eigenvalue weighted by Gasteiger charge is -2.19. The monoisotopic (exact) mass is 275 g/mol. The molecule has 108 valence electrons. The summed E-state index contributed by atoms with van der Waals surface area (Å²) in [6.07, 6.45) is 5.70. The first-order chi connectivity index (χ1) is 9.67. The molecule has 1 N–H and O–H groups in total. The van der Waals surface area contributed by atoms with E-state index in [-0.39, 0.29) is 11.9 Å². The predicted octanol–water partition coefficient (Wildman–Crippen LogP) is 3.63. The fourth-order valence-corrected chi connectivity index (χ4v) is 2.47. The van der Waals surface area contributed by atoms with Crippen molar-refractivity contribution in [1.29, 1.82) is 0 Å². The smallest absolute Gasteiger partial charge is 0.123 e. The molecule has 2 aromatic rings. The zero-order valence-corrected chi connectivity index (χ0v) is 12.4. The van der Waals surface area contributed by atoms with Crippen molar-refractivity contribution in [2.45, 2.75) is 39.7 Å². The number of benzene rings is 1. The highest BCUT2D eigenvalue weighted by atomic mass is 19.1. The van der Waals surface area contributed by atoms with E-state index in [1.807, 2.05) is 12.3 Å². The molecular formula is C16H22FN3. The van der Waals surface area contributed by atoms with E-state index in [1.165, 1.54) is 6.07 Å². The molecular weight excluding hydrogens is 253 g/mol. The minimum atomic E-state index is -0.203. The molecule has 0 fully saturated rings. The van der Waals surface area contributed by atoms with Crippen LogP contribution in [0.25, 0.3) is 5.69 Å². The number of hydrogen-bond donors (Lipinski definition) is 1. The molecule has 0 spiro atoms. The maximum Gasteiger partial charge on any atom is 0.123 e. The average molecular weight is 275 g/mol. The van der Waals surface area contributed by atoms with Crippen molar-refractivity contribution in [3.8, 4) is 5.69 Å². The number of rotatable bonds is 6. The molecule has 3 nitrogen and oxygen atoms in total. The van der Waals surface area contributed by atoms with E-state index >= 15 is 0 Å². The molecule has 0 radical (unpaired) electrons. The number of nitrogens with one attached hydrogen (secondary N) is 1. The third-order valence-electron chi connectivity index (χ3n) is 3.42.